The minimum Gasteiger partial charge on any atom is -0.382 e. The first-order valence-electron chi connectivity index (χ1n) is 6.31. The number of rotatable bonds is 11. The van der Waals surface area contributed by atoms with Crippen LogP contribution in [0.5, 0.6) is 0 Å². The lowest BCUT2D eigenvalue weighted by Gasteiger charge is -2.09. The Morgan fingerprint density at radius 3 is 2.56 bits per heavy atom. The van der Waals surface area contributed by atoms with Gasteiger partial charge >= 0.3 is 0 Å². The average Bonchev–Trinajstić information content (AvgIpc) is 2.81. The molecule has 0 radical (unpaired) electrons. The summed E-state index contributed by atoms with van der Waals surface area (Å²) in [4.78, 5) is 0. The van der Waals surface area contributed by atoms with Crippen LogP contribution in [0.2, 0.25) is 0 Å². The Morgan fingerprint density at radius 2 is 1.83 bits per heavy atom. The van der Waals surface area contributed by atoms with E-state index in [0.29, 0.717) is 33.0 Å². The van der Waals surface area contributed by atoms with Crippen LogP contribution < -0.4 is 5.32 Å². The van der Waals surface area contributed by atoms with Gasteiger partial charge in [-0.25, -0.2) is 0 Å². The van der Waals surface area contributed by atoms with Crippen LogP contribution in [0.1, 0.15) is 5.69 Å². The Labute approximate surface area is 109 Å². The Morgan fingerprint density at radius 1 is 1.11 bits per heavy atom. The van der Waals surface area contributed by atoms with E-state index in [4.69, 9.17) is 14.2 Å². The molecule has 0 bridgehead atoms. The van der Waals surface area contributed by atoms with E-state index < -0.39 is 0 Å². The molecule has 104 valence electrons. The lowest BCUT2D eigenvalue weighted by atomic mass is 10.4. The summed E-state index contributed by atoms with van der Waals surface area (Å²) in [5, 5.41) is 3.15. The molecule has 1 aromatic rings. The van der Waals surface area contributed by atoms with Gasteiger partial charge in [-0.15, -0.1) is 0 Å². The highest BCUT2D eigenvalue weighted by molar-refractivity contribution is 5.06. The molecule has 1 aromatic heterocycles. The molecule has 0 amide bonds. The minimum absolute atomic E-state index is 0.623. The molecule has 1 N–H and O–H groups in total. The molecule has 0 spiro atoms. The molecule has 0 fully saturated rings. The maximum atomic E-state index is 5.51. The van der Waals surface area contributed by atoms with Crippen LogP contribution in [0, 0.1) is 0 Å². The topological polar surface area (TPSA) is 44.7 Å². The highest BCUT2D eigenvalue weighted by Crippen LogP contribution is 2.01. The van der Waals surface area contributed by atoms with Gasteiger partial charge in [-0.3, -0.25) is 0 Å². The number of ether oxygens (including phenoxy) is 3. The molecule has 0 aliphatic heterocycles. The third-order valence-corrected chi connectivity index (χ3v) is 2.56. The SMILES string of the molecule is CNCc1cccn1CCOCCOCCOC. The normalized spacial score (nSPS) is 11.0. The predicted molar refractivity (Wildman–Crippen MR) is 70.7 cm³/mol. The van der Waals surface area contributed by atoms with Crippen LogP contribution in [0.15, 0.2) is 18.3 Å². The molecule has 0 aliphatic carbocycles. The van der Waals surface area contributed by atoms with Crippen molar-refractivity contribution in [3.63, 3.8) is 0 Å². The molecular formula is C13H24N2O3. The van der Waals surface area contributed by atoms with E-state index in [9.17, 15) is 0 Å². The van der Waals surface area contributed by atoms with Crippen molar-refractivity contribution < 1.29 is 14.2 Å². The van der Waals surface area contributed by atoms with Crippen molar-refractivity contribution in [1.82, 2.24) is 9.88 Å². The zero-order valence-electron chi connectivity index (χ0n) is 11.4. The minimum atomic E-state index is 0.623. The third-order valence-electron chi connectivity index (χ3n) is 2.56. The molecule has 1 rings (SSSR count). The van der Waals surface area contributed by atoms with E-state index in [-0.39, 0.29) is 0 Å². The molecule has 0 aliphatic rings. The maximum Gasteiger partial charge on any atom is 0.0701 e. The fourth-order valence-electron chi connectivity index (χ4n) is 1.64. The summed E-state index contributed by atoms with van der Waals surface area (Å²) in [6, 6.07) is 4.17. The number of hydrogen-bond acceptors (Lipinski definition) is 4. The molecule has 0 atom stereocenters. The predicted octanol–water partition coefficient (Wildman–Crippen LogP) is 0.887. The van der Waals surface area contributed by atoms with Crippen LogP contribution >= 0.6 is 0 Å². The Kier molecular flexibility index (Phi) is 8.50. The van der Waals surface area contributed by atoms with E-state index in [1.165, 1.54) is 5.69 Å². The maximum absolute atomic E-state index is 5.51. The van der Waals surface area contributed by atoms with Crippen molar-refractivity contribution in [2.45, 2.75) is 13.1 Å². The van der Waals surface area contributed by atoms with Crippen molar-refractivity contribution in [2.75, 3.05) is 47.2 Å². The van der Waals surface area contributed by atoms with Crippen molar-refractivity contribution in [3.8, 4) is 0 Å². The summed E-state index contributed by atoms with van der Waals surface area (Å²) in [5.74, 6) is 0. The summed E-state index contributed by atoms with van der Waals surface area (Å²) in [7, 11) is 3.62. The van der Waals surface area contributed by atoms with Crippen molar-refractivity contribution in [2.24, 2.45) is 0 Å². The summed E-state index contributed by atoms with van der Waals surface area (Å²) in [6.07, 6.45) is 2.07. The largest absolute Gasteiger partial charge is 0.382 e. The van der Waals surface area contributed by atoms with Gasteiger partial charge in [-0.1, -0.05) is 0 Å². The third kappa shape index (κ3) is 6.16. The van der Waals surface area contributed by atoms with E-state index in [0.717, 1.165) is 13.1 Å². The van der Waals surface area contributed by atoms with Gasteiger partial charge in [0, 0.05) is 32.1 Å². The lowest BCUT2D eigenvalue weighted by Crippen LogP contribution is -2.15. The second-order valence-electron chi connectivity index (χ2n) is 3.94. The molecule has 18 heavy (non-hydrogen) atoms. The number of hydrogen-bond donors (Lipinski definition) is 1. The summed E-state index contributed by atoms with van der Waals surface area (Å²) in [5.41, 5.74) is 1.28. The zero-order valence-corrected chi connectivity index (χ0v) is 11.4. The Bertz CT molecular complexity index is 302. The zero-order chi connectivity index (χ0) is 13.1. The van der Waals surface area contributed by atoms with Gasteiger partial charge in [-0.2, -0.15) is 0 Å². The molecule has 5 nitrogen and oxygen atoms in total. The first kappa shape index (κ1) is 15.2. The Hall–Kier alpha value is -0.880. The molecule has 0 saturated heterocycles. The molecule has 0 aromatic carbocycles. The smallest absolute Gasteiger partial charge is 0.0701 e. The number of nitrogens with zero attached hydrogens (tertiary/aromatic N) is 1. The van der Waals surface area contributed by atoms with E-state index in [1.54, 1.807) is 7.11 Å². The second-order valence-corrected chi connectivity index (χ2v) is 3.94. The fourth-order valence-corrected chi connectivity index (χ4v) is 1.64. The summed E-state index contributed by atoms with van der Waals surface area (Å²) in [6.45, 7) is 4.99. The van der Waals surface area contributed by atoms with Gasteiger partial charge in [0.25, 0.3) is 0 Å². The van der Waals surface area contributed by atoms with Gasteiger partial charge in [0.1, 0.15) is 0 Å². The van der Waals surface area contributed by atoms with Gasteiger partial charge < -0.3 is 24.1 Å². The van der Waals surface area contributed by atoms with E-state index in [1.807, 2.05) is 7.05 Å². The number of methoxy groups -OCH3 is 1. The van der Waals surface area contributed by atoms with Gasteiger partial charge in [0.15, 0.2) is 0 Å². The monoisotopic (exact) mass is 256 g/mol. The van der Waals surface area contributed by atoms with Crippen molar-refractivity contribution in [1.29, 1.82) is 0 Å². The van der Waals surface area contributed by atoms with Crippen LogP contribution in [0.3, 0.4) is 0 Å². The van der Waals surface area contributed by atoms with Crippen molar-refractivity contribution in [3.05, 3.63) is 24.0 Å². The standard InChI is InChI=1S/C13H24N2O3/c1-14-12-13-4-3-5-15(13)6-7-17-10-11-18-9-8-16-2/h3-5,14H,6-12H2,1-2H3. The first-order chi connectivity index (χ1) is 8.88. The molecular weight excluding hydrogens is 232 g/mol. The highest BCUT2D eigenvalue weighted by atomic mass is 16.5. The van der Waals surface area contributed by atoms with Gasteiger partial charge in [0.2, 0.25) is 0 Å². The van der Waals surface area contributed by atoms with Crippen LogP contribution in [-0.2, 0) is 27.3 Å². The first-order valence-corrected chi connectivity index (χ1v) is 6.31. The summed E-state index contributed by atoms with van der Waals surface area (Å²) < 4.78 is 17.9. The number of nitrogens with one attached hydrogen (secondary N) is 1. The Balaban J connectivity index is 2.01. The van der Waals surface area contributed by atoms with E-state index >= 15 is 0 Å². The second kappa shape index (κ2) is 10.1. The lowest BCUT2D eigenvalue weighted by molar-refractivity contribution is 0.0229. The average molecular weight is 256 g/mol. The quantitative estimate of drug-likeness (QED) is 0.597. The molecule has 0 saturated carbocycles. The van der Waals surface area contributed by atoms with Crippen LogP contribution in [-0.4, -0.2) is 51.8 Å². The molecule has 5 heteroatoms. The van der Waals surface area contributed by atoms with Gasteiger partial charge in [-0.05, 0) is 19.2 Å². The molecule has 0 unspecified atom stereocenters. The fraction of sp³-hybridized carbons (Fsp3) is 0.692. The van der Waals surface area contributed by atoms with E-state index in [2.05, 4.69) is 28.2 Å². The van der Waals surface area contributed by atoms with Crippen LogP contribution in [0.4, 0.5) is 0 Å². The highest BCUT2D eigenvalue weighted by Gasteiger charge is 1.99. The van der Waals surface area contributed by atoms with Gasteiger partial charge in [0.05, 0.1) is 33.0 Å². The summed E-state index contributed by atoms with van der Waals surface area (Å²) >= 11 is 0. The van der Waals surface area contributed by atoms with Crippen molar-refractivity contribution >= 4 is 0 Å². The molecule has 1 heterocycles. The van der Waals surface area contributed by atoms with Crippen LogP contribution in [0.25, 0.3) is 0 Å². The number of aromatic nitrogens is 1.